The van der Waals surface area contributed by atoms with E-state index < -0.39 is 0 Å². The minimum absolute atomic E-state index is 0.0380. The molecule has 0 unspecified atom stereocenters. The predicted octanol–water partition coefficient (Wildman–Crippen LogP) is 1.87. The fourth-order valence-electron chi connectivity index (χ4n) is 2.32. The van der Waals surface area contributed by atoms with Crippen molar-refractivity contribution in [3.05, 3.63) is 34.9 Å². The smallest absolute Gasteiger partial charge is 0.251 e. The normalized spacial score (nSPS) is 21.0. The first-order valence-electron chi connectivity index (χ1n) is 6.61. The number of carbonyl (C=O) groups excluding carboxylic acids is 1. The van der Waals surface area contributed by atoms with Gasteiger partial charge in [-0.3, -0.25) is 4.79 Å². The summed E-state index contributed by atoms with van der Waals surface area (Å²) in [5.74, 6) is 6.16. The number of aliphatic hydroxyl groups excluding tert-OH is 1. The van der Waals surface area contributed by atoms with Gasteiger partial charge in [0.15, 0.2) is 0 Å². The van der Waals surface area contributed by atoms with Gasteiger partial charge in [0.1, 0.15) is 6.61 Å². The molecule has 3 nitrogen and oxygen atoms in total. The van der Waals surface area contributed by atoms with E-state index >= 15 is 0 Å². The lowest BCUT2D eigenvalue weighted by Crippen LogP contribution is -2.43. The summed E-state index contributed by atoms with van der Waals surface area (Å²) in [5, 5.41) is 11.8. The van der Waals surface area contributed by atoms with E-state index in [1.165, 1.54) is 0 Å². The van der Waals surface area contributed by atoms with Crippen LogP contribution < -0.4 is 5.32 Å². The molecule has 19 heavy (non-hydrogen) atoms. The van der Waals surface area contributed by atoms with E-state index in [0.29, 0.717) is 17.5 Å². The number of nitrogens with one attached hydrogen (secondary N) is 1. The zero-order valence-corrected chi connectivity index (χ0v) is 11.4. The third kappa shape index (κ3) is 3.36. The minimum Gasteiger partial charge on any atom is -0.384 e. The van der Waals surface area contributed by atoms with Gasteiger partial charge in [-0.05, 0) is 43.4 Å². The van der Waals surface area contributed by atoms with Crippen LogP contribution in [0.15, 0.2) is 18.2 Å². The first-order valence-corrected chi connectivity index (χ1v) is 6.61. The van der Waals surface area contributed by atoms with Gasteiger partial charge < -0.3 is 10.4 Å². The zero-order valence-electron chi connectivity index (χ0n) is 11.4. The third-order valence-electron chi connectivity index (χ3n) is 3.51. The highest BCUT2D eigenvalue weighted by Crippen LogP contribution is 2.26. The van der Waals surface area contributed by atoms with Crippen LogP contribution in [-0.4, -0.2) is 23.7 Å². The Morgan fingerprint density at radius 3 is 2.84 bits per heavy atom. The van der Waals surface area contributed by atoms with Crippen LogP contribution in [0.25, 0.3) is 0 Å². The molecule has 2 rings (SSSR count). The lowest BCUT2D eigenvalue weighted by molar-refractivity contribution is 0.0896. The molecule has 0 bridgehead atoms. The lowest BCUT2D eigenvalue weighted by atomic mass is 9.82. The minimum atomic E-state index is -0.171. The van der Waals surface area contributed by atoms with Gasteiger partial charge in [-0.1, -0.05) is 24.8 Å². The third-order valence-corrected chi connectivity index (χ3v) is 3.51. The van der Waals surface area contributed by atoms with Gasteiger partial charge >= 0.3 is 0 Å². The summed E-state index contributed by atoms with van der Waals surface area (Å²) in [6.45, 7) is 3.96. The van der Waals surface area contributed by atoms with Crippen molar-refractivity contribution in [3.8, 4) is 11.8 Å². The van der Waals surface area contributed by atoms with Gasteiger partial charge in [0.05, 0.1) is 0 Å². The second-order valence-electron chi connectivity index (χ2n) is 5.24. The molecule has 1 aliphatic carbocycles. The molecule has 100 valence electrons. The van der Waals surface area contributed by atoms with E-state index in [4.69, 9.17) is 5.11 Å². The van der Waals surface area contributed by atoms with Crippen LogP contribution >= 0.6 is 0 Å². The maximum atomic E-state index is 12.1. The Hall–Kier alpha value is -1.79. The van der Waals surface area contributed by atoms with Gasteiger partial charge in [-0.15, -0.1) is 0 Å². The van der Waals surface area contributed by atoms with Crippen molar-refractivity contribution in [3.63, 3.8) is 0 Å². The molecule has 1 aromatic carbocycles. The Bertz CT molecular complexity index is 533. The zero-order chi connectivity index (χ0) is 13.8. The van der Waals surface area contributed by atoms with Gasteiger partial charge in [0.25, 0.3) is 5.91 Å². The molecule has 1 fully saturated rings. The maximum absolute atomic E-state index is 12.1. The molecule has 3 heteroatoms. The summed E-state index contributed by atoms with van der Waals surface area (Å²) >= 11 is 0. The molecule has 0 heterocycles. The highest BCUT2D eigenvalue weighted by atomic mass is 16.2. The van der Waals surface area contributed by atoms with Crippen molar-refractivity contribution in [2.24, 2.45) is 5.92 Å². The van der Waals surface area contributed by atoms with E-state index in [-0.39, 0.29) is 12.5 Å². The Morgan fingerprint density at radius 2 is 2.21 bits per heavy atom. The number of amides is 1. The molecule has 0 saturated heterocycles. The van der Waals surface area contributed by atoms with Gasteiger partial charge in [-0.25, -0.2) is 0 Å². The molecule has 0 aromatic heterocycles. The fourth-order valence-corrected chi connectivity index (χ4v) is 2.32. The molecule has 0 radical (unpaired) electrons. The van der Waals surface area contributed by atoms with Gasteiger partial charge in [0.2, 0.25) is 0 Å². The molecule has 0 atom stereocenters. The Morgan fingerprint density at radius 1 is 1.47 bits per heavy atom. The van der Waals surface area contributed by atoms with E-state index in [0.717, 1.165) is 24.0 Å². The largest absolute Gasteiger partial charge is 0.384 e. The van der Waals surface area contributed by atoms with Crippen molar-refractivity contribution in [1.82, 2.24) is 5.32 Å². The molecule has 2 N–H and O–H groups in total. The average Bonchev–Trinajstić information content (AvgIpc) is 2.36. The first kappa shape index (κ1) is 13.6. The van der Waals surface area contributed by atoms with E-state index in [1.807, 2.05) is 19.1 Å². The number of carbonyl (C=O) groups is 1. The first-order chi connectivity index (χ1) is 9.10. The van der Waals surface area contributed by atoms with E-state index in [9.17, 15) is 4.79 Å². The SMILES string of the molecule is Cc1ccc(C(=O)NC2CC(C)C2)cc1C#CCO. The van der Waals surface area contributed by atoms with Crippen LogP contribution in [0.1, 0.15) is 41.3 Å². The molecule has 1 aliphatic rings. The van der Waals surface area contributed by atoms with Crippen LogP contribution in [-0.2, 0) is 0 Å². The summed E-state index contributed by atoms with van der Waals surface area (Å²) < 4.78 is 0. The molecule has 1 aromatic rings. The molecule has 0 spiro atoms. The number of benzene rings is 1. The fraction of sp³-hybridized carbons (Fsp3) is 0.438. The van der Waals surface area contributed by atoms with Crippen molar-refractivity contribution < 1.29 is 9.90 Å². The molecular weight excluding hydrogens is 238 g/mol. The van der Waals surface area contributed by atoms with Crippen LogP contribution in [0, 0.1) is 24.7 Å². The summed E-state index contributed by atoms with van der Waals surface area (Å²) in [5.41, 5.74) is 2.44. The number of rotatable bonds is 2. The lowest BCUT2D eigenvalue weighted by Gasteiger charge is -2.33. The van der Waals surface area contributed by atoms with E-state index in [2.05, 4.69) is 24.1 Å². The highest BCUT2D eigenvalue weighted by Gasteiger charge is 2.26. The van der Waals surface area contributed by atoms with Crippen molar-refractivity contribution in [2.45, 2.75) is 32.7 Å². The second kappa shape index (κ2) is 5.90. The van der Waals surface area contributed by atoms with Crippen molar-refractivity contribution >= 4 is 5.91 Å². The van der Waals surface area contributed by atoms with Crippen LogP contribution in [0.2, 0.25) is 0 Å². The molecule has 0 aliphatic heterocycles. The summed E-state index contributed by atoms with van der Waals surface area (Å²) in [7, 11) is 0. The number of aliphatic hydroxyl groups is 1. The summed E-state index contributed by atoms with van der Waals surface area (Å²) in [4.78, 5) is 12.1. The van der Waals surface area contributed by atoms with Crippen LogP contribution in [0.3, 0.4) is 0 Å². The number of hydrogen-bond donors (Lipinski definition) is 2. The summed E-state index contributed by atoms with van der Waals surface area (Å²) in [6.07, 6.45) is 2.13. The topological polar surface area (TPSA) is 49.3 Å². The molecule has 1 saturated carbocycles. The van der Waals surface area contributed by atoms with Crippen LogP contribution in [0.4, 0.5) is 0 Å². The van der Waals surface area contributed by atoms with Crippen LogP contribution in [0.5, 0.6) is 0 Å². The van der Waals surface area contributed by atoms with Crippen molar-refractivity contribution in [2.75, 3.05) is 6.61 Å². The Balaban J connectivity index is 2.09. The monoisotopic (exact) mass is 257 g/mol. The standard InChI is InChI=1S/C16H19NO2/c1-11-8-15(9-11)17-16(19)14-6-5-12(2)13(10-14)4-3-7-18/h5-6,10-11,15,18H,7-9H2,1-2H3,(H,17,19). The maximum Gasteiger partial charge on any atom is 0.251 e. The van der Waals surface area contributed by atoms with Crippen molar-refractivity contribution in [1.29, 1.82) is 0 Å². The second-order valence-corrected chi connectivity index (χ2v) is 5.24. The molecule has 1 amide bonds. The Labute approximate surface area is 114 Å². The number of aryl methyl sites for hydroxylation is 1. The number of hydrogen-bond acceptors (Lipinski definition) is 2. The predicted molar refractivity (Wildman–Crippen MR) is 74.8 cm³/mol. The quantitative estimate of drug-likeness (QED) is 0.795. The van der Waals surface area contributed by atoms with E-state index in [1.54, 1.807) is 6.07 Å². The van der Waals surface area contributed by atoms with Gasteiger partial charge in [-0.2, -0.15) is 0 Å². The molecular formula is C16H19NO2. The highest BCUT2D eigenvalue weighted by molar-refractivity contribution is 5.95. The Kier molecular flexibility index (Phi) is 4.24. The summed E-state index contributed by atoms with van der Waals surface area (Å²) in [6, 6.07) is 5.81. The average molecular weight is 257 g/mol. The van der Waals surface area contributed by atoms with Gasteiger partial charge in [0, 0.05) is 17.2 Å².